The van der Waals surface area contributed by atoms with Crippen molar-refractivity contribution in [2.24, 2.45) is 0 Å². The van der Waals surface area contributed by atoms with Crippen LogP contribution in [0.1, 0.15) is 31.7 Å². The normalized spacial score (nSPS) is 23.8. The largest absolute Gasteiger partial charge is 0.379 e. The summed E-state index contributed by atoms with van der Waals surface area (Å²) in [4.78, 5) is 29.1. The van der Waals surface area contributed by atoms with Crippen molar-refractivity contribution >= 4 is 11.9 Å². The maximum absolute atomic E-state index is 12.9. The van der Waals surface area contributed by atoms with Crippen molar-refractivity contribution in [3.05, 3.63) is 35.9 Å². The van der Waals surface area contributed by atoms with Crippen molar-refractivity contribution in [2.45, 2.75) is 38.3 Å². The van der Waals surface area contributed by atoms with Crippen LogP contribution in [0.15, 0.2) is 30.3 Å². The molecule has 2 aliphatic rings. The molecule has 3 amide bonds. The molecule has 2 saturated heterocycles. The van der Waals surface area contributed by atoms with E-state index in [4.69, 9.17) is 4.74 Å². The number of carbonyl (C=O) groups is 2. The Balaban J connectivity index is 1.82. The Bertz CT molecular complexity index is 599. The summed E-state index contributed by atoms with van der Waals surface area (Å²) in [6.45, 7) is 5.35. The molecule has 0 bridgehead atoms. The van der Waals surface area contributed by atoms with Crippen molar-refractivity contribution in [2.75, 3.05) is 32.8 Å². The zero-order valence-corrected chi connectivity index (χ0v) is 14.9. The molecule has 136 valence electrons. The van der Waals surface area contributed by atoms with E-state index in [2.05, 4.69) is 5.32 Å². The lowest BCUT2D eigenvalue weighted by Crippen LogP contribution is -2.57. The molecule has 1 unspecified atom stereocenters. The fourth-order valence-electron chi connectivity index (χ4n) is 3.62. The maximum atomic E-state index is 12.9. The molecule has 1 spiro atoms. The average molecular weight is 345 g/mol. The van der Waals surface area contributed by atoms with Crippen LogP contribution in [-0.2, 0) is 16.1 Å². The second-order valence-electron chi connectivity index (χ2n) is 6.90. The smallest absolute Gasteiger partial charge is 0.317 e. The standard InChI is InChI=1S/C19H27N3O3/c1-2-10-20-18(24)21-11-8-17(23)22(13-16-6-4-3-5-7-16)19(14-21)9-12-25-15-19/h3-7H,2,8-15H2,1H3,(H,20,24). The molecule has 25 heavy (non-hydrogen) atoms. The van der Waals surface area contributed by atoms with Gasteiger partial charge in [-0.3, -0.25) is 4.79 Å². The SMILES string of the molecule is CCCNC(=O)N1CCC(=O)N(Cc2ccccc2)C2(CCOC2)C1. The number of nitrogens with one attached hydrogen (secondary N) is 1. The molecule has 3 rings (SSSR count). The number of nitrogens with zero attached hydrogens (tertiary/aromatic N) is 2. The fraction of sp³-hybridized carbons (Fsp3) is 0.579. The van der Waals surface area contributed by atoms with Crippen LogP contribution in [0.25, 0.3) is 0 Å². The Kier molecular flexibility index (Phi) is 5.58. The molecule has 0 radical (unpaired) electrons. The highest BCUT2D eigenvalue weighted by molar-refractivity contribution is 5.80. The molecule has 0 aromatic heterocycles. The first-order chi connectivity index (χ1) is 12.1. The molecule has 2 aliphatic heterocycles. The average Bonchev–Trinajstić information content (AvgIpc) is 3.06. The number of urea groups is 1. The van der Waals surface area contributed by atoms with Gasteiger partial charge in [0.05, 0.1) is 12.1 Å². The molecular formula is C19H27N3O3. The maximum Gasteiger partial charge on any atom is 0.317 e. The predicted octanol–water partition coefficient (Wildman–Crippen LogP) is 2.00. The molecule has 1 N–H and O–H groups in total. The number of carbonyl (C=O) groups excluding carboxylic acids is 2. The van der Waals surface area contributed by atoms with Gasteiger partial charge in [-0.15, -0.1) is 0 Å². The molecular weight excluding hydrogens is 318 g/mol. The second-order valence-corrected chi connectivity index (χ2v) is 6.90. The zero-order chi connectivity index (χ0) is 17.7. The van der Waals surface area contributed by atoms with E-state index >= 15 is 0 Å². The molecule has 1 atom stereocenters. The van der Waals surface area contributed by atoms with Gasteiger partial charge in [-0.2, -0.15) is 0 Å². The number of rotatable bonds is 4. The summed E-state index contributed by atoms with van der Waals surface area (Å²) in [5.74, 6) is 0.0974. The Labute approximate surface area is 149 Å². The third-order valence-corrected chi connectivity index (χ3v) is 5.03. The van der Waals surface area contributed by atoms with E-state index in [0.717, 1.165) is 18.4 Å². The summed E-state index contributed by atoms with van der Waals surface area (Å²) >= 11 is 0. The highest BCUT2D eigenvalue weighted by Gasteiger charge is 2.46. The third-order valence-electron chi connectivity index (χ3n) is 5.03. The summed E-state index contributed by atoms with van der Waals surface area (Å²) < 4.78 is 5.67. The van der Waals surface area contributed by atoms with Crippen LogP contribution >= 0.6 is 0 Å². The highest BCUT2D eigenvalue weighted by atomic mass is 16.5. The van der Waals surface area contributed by atoms with Crippen LogP contribution < -0.4 is 5.32 Å². The van der Waals surface area contributed by atoms with Crippen LogP contribution in [0.4, 0.5) is 4.79 Å². The molecule has 6 heteroatoms. The summed E-state index contributed by atoms with van der Waals surface area (Å²) in [6.07, 6.45) is 2.02. The minimum Gasteiger partial charge on any atom is -0.379 e. The first kappa shape index (κ1) is 17.7. The van der Waals surface area contributed by atoms with Gasteiger partial charge in [-0.05, 0) is 18.4 Å². The second kappa shape index (κ2) is 7.87. The van der Waals surface area contributed by atoms with Crippen molar-refractivity contribution < 1.29 is 14.3 Å². The summed E-state index contributed by atoms with van der Waals surface area (Å²) in [7, 11) is 0. The molecule has 6 nitrogen and oxygen atoms in total. The summed E-state index contributed by atoms with van der Waals surface area (Å²) in [6, 6.07) is 9.94. The van der Waals surface area contributed by atoms with E-state index in [1.165, 1.54) is 0 Å². The topological polar surface area (TPSA) is 61.9 Å². The van der Waals surface area contributed by atoms with E-state index in [9.17, 15) is 9.59 Å². The van der Waals surface area contributed by atoms with E-state index in [0.29, 0.717) is 45.8 Å². The van der Waals surface area contributed by atoms with E-state index in [1.807, 2.05) is 42.2 Å². The fourth-order valence-corrected chi connectivity index (χ4v) is 3.62. The number of ether oxygens (including phenoxy) is 1. The van der Waals surface area contributed by atoms with Gasteiger partial charge in [0.2, 0.25) is 5.91 Å². The zero-order valence-electron chi connectivity index (χ0n) is 14.9. The van der Waals surface area contributed by atoms with Crippen LogP contribution in [0.2, 0.25) is 0 Å². The highest BCUT2D eigenvalue weighted by Crippen LogP contribution is 2.32. The van der Waals surface area contributed by atoms with Gasteiger partial charge in [0.1, 0.15) is 0 Å². The van der Waals surface area contributed by atoms with E-state index in [-0.39, 0.29) is 11.9 Å². The van der Waals surface area contributed by atoms with Crippen LogP contribution in [0.5, 0.6) is 0 Å². The van der Waals surface area contributed by atoms with Gasteiger partial charge in [0, 0.05) is 39.2 Å². The molecule has 0 saturated carbocycles. The lowest BCUT2D eigenvalue weighted by atomic mass is 9.94. The predicted molar refractivity (Wildman–Crippen MR) is 95.0 cm³/mol. The number of hydrogen-bond donors (Lipinski definition) is 1. The molecule has 2 heterocycles. The first-order valence-corrected chi connectivity index (χ1v) is 9.09. The number of benzene rings is 1. The van der Waals surface area contributed by atoms with E-state index in [1.54, 1.807) is 4.90 Å². The Morgan fingerprint density at radius 2 is 2.12 bits per heavy atom. The van der Waals surface area contributed by atoms with Gasteiger partial charge < -0.3 is 19.9 Å². The Hall–Kier alpha value is -2.08. The third kappa shape index (κ3) is 3.95. The summed E-state index contributed by atoms with van der Waals surface area (Å²) in [5.41, 5.74) is 0.679. The summed E-state index contributed by atoms with van der Waals surface area (Å²) in [5, 5.41) is 2.93. The molecule has 1 aromatic rings. The lowest BCUT2D eigenvalue weighted by molar-refractivity contribution is -0.137. The van der Waals surface area contributed by atoms with Crippen molar-refractivity contribution in [3.8, 4) is 0 Å². The van der Waals surface area contributed by atoms with Gasteiger partial charge in [0.25, 0.3) is 0 Å². The molecule has 0 aliphatic carbocycles. The van der Waals surface area contributed by atoms with Gasteiger partial charge in [-0.25, -0.2) is 4.79 Å². The minimum absolute atomic E-state index is 0.0810. The van der Waals surface area contributed by atoms with Gasteiger partial charge in [0.15, 0.2) is 0 Å². The van der Waals surface area contributed by atoms with Crippen LogP contribution in [0, 0.1) is 0 Å². The Morgan fingerprint density at radius 1 is 1.32 bits per heavy atom. The van der Waals surface area contributed by atoms with Crippen LogP contribution in [0.3, 0.4) is 0 Å². The van der Waals surface area contributed by atoms with Gasteiger partial charge in [-0.1, -0.05) is 37.3 Å². The van der Waals surface area contributed by atoms with E-state index < -0.39 is 5.54 Å². The quantitative estimate of drug-likeness (QED) is 0.908. The van der Waals surface area contributed by atoms with Crippen molar-refractivity contribution in [1.29, 1.82) is 0 Å². The number of amides is 3. The first-order valence-electron chi connectivity index (χ1n) is 9.09. The van der Waals surface area contributed by atoms with Crippen molar-refractivity contribution in [3.63, 3.8) is 0 Å². The lowest BCUT2D eigenvalue weighted by Gasteiger charge is -2.40. The Morgan fingerprint density at radius 3 is 2.80 bits per heavy atom. The molecule has 1 aromatic carbocycles. The molecule has 2 fully saturated rings. The van der Waals surface area contributed by atoms with Crippen LogP contribution in [-0.4, -0.2) is 60.1 Å². The minimum atomic E-state index is -0.424. The monoisotopic (exact) mass is 345 g/mol. The number of hydrogen-bond acceptors (Lipinski definition) is 3. The van der Waals surface area contributed by atoms with Gasteiger partial charge >= 0.3 is 6.03 Å². The van der Waals surface area contributed by atoms with Crippen molar-refractivity contribution in [1.82, 2.24) is 15.1 Å².